The molecular weight excluding hydrogens is 569 g/mol. The quantitative estimate of drug-likeness (QED) is 0.186. The molecule has 9 aromatic rings. The van der Waals surface area contributed by atoms with Gasteiger partial charge in [0.2, 0.25) is 0 Å². The molecule has 0 amide bonds. The lowest BCUT2D eigenvalue weighted by atomic mass is 9.83. The number of nitriles is 1. The Kier molecular flexibility index (Phi) is 6.23. The summed E-state index contributed by atoms with van der Waals surface area (Å²) in [6.45, 7) is 0. The molecule has 0 aliphatic carbocycles. The molecule has 0 saturated carbocycles. The molecule has 218 valence electrons. The number of nitrogens with zero attached hydrogens (tertiary/aromatic N) is 2. The highest BCUT2D eigenvalue weighted by atomic mass is 15.0. The van der Waals surface area contributed by atoms with E-state index in [4.69, 9.17) is 0 Å². The molecule has 2 nitrogen and oxygen atoms in total. The normalized spacial score (nSPS) is 11.4. The topological polar surface area (TPSA) is 28.7 Å². The average Bonchev–Trinajstić information content (AvgIpc) is 3.48. The largest absolute Gasteiger partial charge is 0.309 e. The minimum Gasteiger partial charge on any atom is -0.309 e. The van der Waals surface area contributed by atoms with Gasteiger partial charge >= 0.3 is 0 Å². The van der Waals surface area contributed by atoms with Crippen LogP contribution in [0.2, 0.25) is 0 Å². The first-order valence-corrected chi connectivity index (χ1v) is 15.9. The van der Waals surface area contributed by atoms with Crippen LogP contribution in [0.1, 0.15) is 5.56 Å². The van der Waals surface area contributed by atoms with Crippen LogP contribution in [-0.2, 0) is 0 Å². The third-order valence-corrected chi connectivity index (χ3v) is 9.45. The molecule has 1 aromatic heterocycles. The molecule has 0 unspecified atom stereocenters. The Morgan fingerprint density at radius 1 is 0.362 bits per heavy atom. The van der Waals surface area contributed by atoms with Gasteiger partial charge in [-0.25, -0.2) is 0 Å². The van der Waals surface area contributed by atoms with Gasteiger partial charge in [0.1, 0.15) is 6.07 Å². The Morgan fingerprint density at radius 2 is 0.809 bits per heavy atom. The lowest BCUT2D eigenvalue weighted by molar-refractivity contribution is 1.18. The maximum absolute atomic E-state index is 11.0. The fraction of sp³-hybridized carbons (Fsp3) is 0. The summed E-state index contributed by atoms with van der Waals surface area (Å²) < 4.78 is 2.34. The number of hydrogen-bond acceptors (Lipinski definition) is 1. The monoisotopic (exact) mass is 596 g/mol. The summed E-state index contributed by atoms with van der Waals surface area (Å²) in [5.41, 5.74) is 10.4. The van der Waals surface area contributed by atoms with Crippen LogP contribution in [0.5, 0.6) is 0 Å². The molecule has 47 heavy (non-hydrogen) atoms. The number of fused-ring (bicyclic) bond motifs is 5. The maximum Gasteiger partial charge on any atom is 0.100 e. The van der Waals surface area contributed by atoms with Gasteiger partial charge in [-0.15, -0.1) is 0 Å². The van der Waals surface area contributed by atoms with Crippen molar-refractivity contribution in [1.82, 2.24) is 4.57 Å². The van der Waals surface area contributed by atoms with Crippen LogP contribution >= 0.6 is 0 Å². The highest BCUT2D eigenvalue weighted by Crippen LogP contribution is 2.46. The van der Waals surface area contributed by atoms with Crippen LogP contribution in [0.4, 0.5) is 0 Å². The van der Waals surface area contributed by atoms with Gasteiger partial charge in [-0.1, -0.05) is 152 Å². The van der Waals surface area contributed by atoms with Gasteiger partial charge < -0.3 is 4.57 Å². The molecule has 0 bridgehead atoms. The molecule has 0 atom stereocenters. The molecule has 2 heteroatoms. The predicted molar refractivity (Wildman–Crippen MR) is 197 cm³/mol. The average molecular weight is 597 g/mol. The number of benzene rings is 8. The molecule has 0 aliphatic heterocycles. The van der Waals surface area contributed by atoms with E-state index in [0.717, 1.165) is 49.7 Å². The van der Waals surface area contributed by atoms with Crippen molar-refractivity contribution >= 4 is 43.4 Å². The maximum atomic E-state index is 11.0. The van der Waals surface area contributed by atoms with Gasteiger partial charge in [0.25, 0.3) is 0 Å². The minimum atomic E-state index is 0.670. The van der Waals surface area contributed by atoms with E-state index >= 15 is 0 Å². The third kappa shape index (κ3) is 4.11. The van der Waals surface area contributed by atoms with Crippen molar-refractivity contribution in [2.45, 2.75) is 0 Å². The molecule has 0 spiro atoms. The van der Waals surface area contributed by atoms with Crippen molar-refractivity contribution in [2.75, 3.05) is 0 Å². The zero-order valence-electron chi connectivity index (χ0n) is 25.6. The predicted octanol–water partition coefficient (Wildman–Crippen LogP) is 12.0. The van der Waals surface area contributed by atoms with E-state index in [1.165, 1.54) is 32.7 Å². The molecule has 0 N–H and O–H groups in total. The highest BCUT2D eigenvalue weighted by Gasteiger charge is 2.22. The van der Waals surface area contributed by atoms with Crippen molar-refractivity contribution in [3.63, 3.8) is 0 Å². The lowest BCUT2D eigenvalue weighted by Gasteiger charge is -2.20. The number of aromatic nitrogens is 1. The Balaban J connectivity index is 1.36. The first kappa shape index (κ1) is 26.9. The molecule has 1 heterocycles. The van der Waals surface area contributed by atoms with Crippen LogP contribution < -0.4 is 0 Å². The van der Waals surface area contributed by atoms with Crippen LogP contribution in [-0.4, -0.2) is 4.57 Å². The Bertz CT molecular complexity index is 2580. The first-order valence-electron chi connectivity index (χ1n) is 15.9. The summed E-state index contributed by atoms with van der Waals surface area (Å²) in [5.74, 6) is 0. The van der Waals surface area contributed by atoms with Crippen molar-refractivity contribution in [1.29, 1.82) is 5.26 Å². The van der Waals surface area contributed by atoms with E-state index in [0.29, 0.717) is 5.56 Å². The zero-order chi connectivity index (χ0) is 31.3. The molecule has 0 radical (unpaired) electrons. The number of para-hydroxylation sites is 3. The fourth-order valence-electron chi connectivity index (χ4n) is 7.52. The number of hydrogen-bond donors (Lipinski definition) is 0. The molecular formula is C45H28N2. The van der Waals surface area contributed by atoms with Crippen LogP contribution in [0.25, 0.3) is 82.4 Å². The Hall–Kier alpha value is -6.43. The number of rotatable bonds is 4. The van der Waals surface area contributed by atoms with Crippen molar-refractivity contribution in [3.8, 4) is 45.1 Å². The van der Waals surface area contributed by atoms with Crippen LogP contribution in [0.15, 0.2) is 170 Å². The van der Waals surface area contributed by atoms with Gasteiger partial charge in [0.15, 0.2) is 0 Å². The summed E-state index contributed by atoms with van der Waals surface area (Å²) >= 11 is 0. The third-order valence-electron chi connectivity index (χ3n) is 9.45. The second-order valence-corrected chi connectivity index (χ2v) is 11.9. The second-order valence-electron chi connectivity index (χ2n) is 11.9. The van der Waals surface area contributed by atoms with E-state index in [2.05, 4.69) is 180 Å². The van der Waals surface area contributed by atoms with Crippen molar-refractivity contribution in [3.05, 3.63) is 175 Å². The Morgan fingerprint density at radius 3 is 1.40 bits per heavy atom. The summed E-state index contributed by atoms with van der Waals surface area (Å²) in [7, 11) is 0. The lowest BCUT2D eigenvalue weighted by Crippen LogP contribution is -1.99. The molecule has 0 fully saturated rings. The zero-order valence-corrected chi connectivity index (χ0v) is 25.6. The molecule has 0 saturated heterocycles. The standard InChI is InChI=1S/C45H28N2/c46-29-40-31(32-17-8-11-26-41(32)47-42-27-12-9-18-33(42)34-19-10-13-28-43(34)47)24-14-25-39(40)45-37-22-6-4-20-35(37)44(30-15-2-1-3-16-30)36-21-5-7-23-38(36)45/h1-28H. The molecule has 9 rings (SSSR count). The first-order chi connectivity index (χ1) is 23.3. The van der Waals surface area contributed by atoms with Crippen LogP contribution in [0.3, 0.4) is 0 Å². The van der Waals surface area contributed by atoms with Gasteiger partial charge in [0.05, 0.1) is 22.3 Å². The Labute approximate surface area is 273 Å². The fourth-order valence-corrected chi connectivity index (χ4v) is 7.52. The van der Waals surface area contributed by atoms with Gasteiger partial charge in [0, 0.05) is 27.5 Å². The molecule has 0 aliphatic rings. The smallest absolute Gasteiger partial charge is 0.100 e. The van der Waals surface area contributed by atoms with E-state index in [1.54, 1.807) is 0 Å². The van der Waals surface area contributed by atoms with E-state index in [-0.39, 0.29) is 0 Å². The van der Waals surface area contributed by atoms with Gasteiger partial charge in [-0.05, 0) is 56.4 Å². The summed E-state index contributed by atoms with van der Waals surface area (Å²) in [5, 5.41) is 18.0. The summed E-state index contributed by atoms with van der Waals surface area (Å²) in [6, 6.07) is 62.4. The minimum absolute atomic E-state index is 0.670. The SMILES string of the molecule is N#Cc1c(-c2ccccc2-n2c3ccccc3c3ccccc32)cccc1-c1c2ccccc2c(-c2ccccc2)c2ccccc12. The van der Waals surface area contributed by atoms with E-state index in [9.17, 15) is 5.26 Å². The van der Waals surface area contributed by atoms with E-state index in [1.807, 2.05) is 0 Å². The van der Waals surface area contributed by atoms with Crippen LogP contribution in [0, 0.1) is 11.3 Å². The van der Waals surface area contributed by atoms with E-state index < -0.39 is 0 Å². The van der Waals surface area contributed by atoms with Gasteiger partial charge in [-0.2, -0.15) is 5.26 Å². The van der Waals surface area contributed by atoms with Crippen molar-refractivity contribution < 1.29 is 0 Å². The highest BCUT2D eigenvalue weighted by molar-refractivity contribution is 6.22. The van der Waals surface area contributed by atoms with Gasteiger partial charge in [-0.3, -0.25) is 0 Å². The summed E-state index contributed by atoms with van der Waals surface area (Å²) in [4.78, 5) is 0. The molecule has 8 aromatic carbocycles. The van der Waals surface area contributed by atoms with Crippen molar-refractivity contribution in [2.24, 2.45) is 0 Å². The summed E-state index contributed by atoms with van der Waals surface area (Å²) in [6.07, 6.45) is 0. The second kappa shape index (κ2) is 10.9.